The van der Waals surface area contributed by atoms with E-state index in [9.17, 15) is 0 Å². The number of nitriles is 1. The van der Waals surface area contributed by atoms with Gasteiger partial charge in [-0.1, -0.05) is 80.5 Å². The van der Waals surface area contributed by atoms with E-state index in [1.54, 1.807) is 0 Å². The van der Waals surface area contributed by atoms with Gasteiger partial charge >= 0.3 is 0 Å². The van der Waals surface area contributed by atoms with Crippen molar-refractivity contribution in [1.82, 2.24) is 10.2 Å². The Morgan fingerprint density at radius 3 is 2.19 bits per heavy atom. The lowest BCUT2D eigenvalue weighted by Crippen LogP contribution is -2.27. The van der Waals surface area contributed by atoms with Gasteiger partial charge in [-0.05, 0) is 79.9 Å². The summed E-state index contributed by atoms with van der Waals surface area (Å²) in [5.41, 5.74) is 3.43. The molecule has 3 aromatic rings. The summed E-state index contributed by atoms with van der Waals surface area (Å²) in [5, 5.41) is 17.1. The van der Waals surface area contributed by atoms with Crippen LogP contribution in [0.4, 0.5) is 0 Å². The molecule has 0 spiro atoms. The fourth-order valence-corrected chi connectivity index (χ4v) is 4.08. The van der Waals surface area contributed by atoms with Gasteiger partial charge in [-0.25, -0.2) is 0 Å². The highest BCUT2D eigenvalue weighted by Crippen LogP contribution is 2.16. The highest BCUT2D eigenvalue weighted by atomic mass is 16.2. The van der Waals surface area contributed by atoms with E-state index < -0.39 is 0 Å². The third kappa shape index (κ3) is 14.0. The Morgan fingerprint density at radius 1 is 0.973 bits per heavy atom. The Hall–Kier alpha value is -3.51. The summed E-state index contributed by atoms with van der Waals surface area (Å²) < 4.78 is 0. The minimum absolute atomic E-state index is 0.547. The topological polar surface area (TPSA) is 68.5 Å². The van der Waals surface area contributed by atoms with E-state index in [2.05, 4.69) is 96.7 Å². The lowest BCUT2D eigenvalue weighted by atomic mass is 10.0. The molecule has 1 aliphatic heterocycles. The molecule has 0 saturated carbocycles. The molecule has 1 heterocycles. The molecule has 1 aliphatic rings. The second-order valence-corrected chi connectivity index (χ2v) is 8.32. The number of likely N-dealkylation sites (N-methyl/N-ethyl adjacent to an activating group) is 1. The van der Waals surface area contributed by atoms with Crippen molar-refractivity contribution in [3.05, 3.63) is 88.3 Å². The van der Waals surface area contributed by atoms with Crippen molar-refractivity contribution in [3.63, 3.8) is 0 Å². The first kappa shape index (κ1) is 33.5. The minimum atomic E-state index is 0.547. The van der Waals surface area contributed by atoms with E-state index in [1.807, 2.05) is 32.0 Å². The van der Waals surface area contributed by atoms with Crippen LogP contribution >= 0.6 is 0 Å². The maximum absolute atomic E-state index is 8.76. The molecule has 0 radical (unpaired) electrons. The lowest BCUT2D eigenvalue weighted by molar-refractivity contribution is 0.331. The predicted octanol–water partition coefficient (Wildman–Crippen LogP) is 7.19. The average molecular weight is 501 g/mol. The molecule has 0 bridgehead atoms. The van der Waals surface area contributed by atoms with E-state index >= 15 is 0 Å². The fourth-order valence-electron chi connectivity index (χ4n) is 4.08. The number of hydrogen-bond donors (Lipinski definition) is 1. The van der Waals surface area contributed by atoms with Gasteiger partial charge in [0.05, 0.1) is 18.7 Å². The van der Waals surface area contributed by atoms with Crippen LogP contribution in [0.5, 0.6) is 0 Å². The molecule has 5 nitrogen and oxygen atoms in total. The molecule has 37 heavy (non-hydrogen) atoms. The number of benzene rings is 3. The number of rotatable bonds is 6. The van der Waals surface area contributed by atoms with Gasteiger partial charge < -0.3 is 5.32 Å². The summed E-state index contributed by atoms with van der Waals surface area (Å²) in [5.74, 6) is 0. The van der Waals surface area contributed by atoms with Crippen LogP contribution in [0.1, 0.15) is 57.2 Å². The molecule has 198 valence electrons. The van der Waals surface area contributed by atoms with Gasteiger partial charge in [-0.2, -0.15) is 10.2 Å². The SMILES string of the molecule is C#C.CC.CCNC(C)Cc1ccc2ccccc2c1.CN=O.N#Cc1cccc(CN2CCCC2)c1. The molecule has 3 aromatic carbocycles. The van der Waals surface area contributed by atoms with Crippen LogP contribution in [0, 0.1) is 29.1 Å². The molecular weight excluding hydrogens is 456 g/mol. The number of nitroso groups, excluding NO2 is 1. The maximum Gasteiger partial charge on any atom is 0.0991 e. The molecule has 1 saturated heterocycles. The van der Waals surface area contributed by atoms with Crippen molar-refractivity contribution in [1.29, 1.82) is 5.26 Å². The van der Waals surface area contributed by atoms with Crippen LogP contribution in [0.2, 0.25) is 0 Å². The average Bonchev–Trinajstić information content (AvgIpc) is 3.45. The van der Waals surface area contributed by atoms with Crippen LogP contribution in [0.25, 0.3) is 10.8 Å². The zero-order valence-corrected chi connectivity index (χ0v) is 23.3. The van der Waals surface area contributed by atoms with Gasteiger partial charge in [-0.15, -0.1) is 12.8 Å². The zero-order valence-electron chi connectivity index (χ0n) is 23.3. The van der Waals surface area contributed by atoms with E-state index in [1.165, 1.54) is 54.9 Å². The fraction of sp³-hybridized carbons (Fsp3) is 0.406. The minimum Gasteiger partial charge on any atom is -0.314 e. The zero-order chi connectivity index (χ0) is 27.9. The third-order valence-electron chi connectivity index (χ3n) is 5.57. The molecule has 1 fully saturated rings. The van der Waals surface area contributed by atoms with Gasteiger partial charge in [0, 0.05) is 12.6 Å². The standard InChI is InChI=1S/C15H19N.C12H14N2.C2H6.C2H2.CH3NO/c1-3-16-12(2)10-13-8-9-14-6-4-5-7-15(14)11-13;13-9-11-4-3-5-12(8-11)10-14-6-1-2-7-14;2*1-2;1-2-3/h4-9,11-12,16H,3,10H2,1-2H3;3-5,8H,1-2,6-7,10H2;1-2H3;1-2H;1H3. The van der Waals surface area contributed by atoms with Crippen LogP contribution in [0.15, 0.2) is 71.9 Å². The second-order valence-electron chi connectivity index (χ2n) is 8.32. The van der Waals surface area contributed by atoms with Crippen LogP contribution in [-0.2, 0) is 13.0 Å². The largest absolute Gasteiger partial charge is 0.314 e. The normalized spacial score (nSPS) is 12.5. The van der Waals surface area contributed by atoms with Gasteiger partial charge in [0.25, 0.3) is 0 Å². The molecule has 1 atom stereocenters. The number of terminal acetylenes is 1. The molecule has 4 rings (SSSR count). The number of fused-ring (bicyclic) bond motifs is 1. The van der Waals surface area contributed by atoms with Crippen LogP contribution < -0.4 is 5.32 Å². The molecule has 1 unspecified atom stereocenters. The summed E-state index contributed by atoms with van der Waals surface area (Å²) >= 11 is 0. The summed E-state index contributed by atoms with van der Waals surface area (Å²) in [4.78, 5) is 11.0. The Morgan fingerprint density at radius 2 is 1.59 bits per heavy atom. The molecule has 0 amide bonds. The molecule has 1 N–H and O–H groups in total. The first-order valence-corrected chi connectivity index (χ1v) is 13.1. The maximum atomic E-state index is 8.76. The Balaban J connectivity index is 0.000000568. The van der Waals surface area contributed by atoms with Crippen molar-refractivity contribution < 1.29 is 0 Å². The molecular formula is C32H44N4O. The van der Waals surface area contributed by atoms with Gasteiger partial charge in [0.2, 0.25) is 0 Å². The highest BCUT2D eigenvalue weighted by Gasteiger charge is 2.11. The van der Waals surface area contributed by atoms with Crippen LogP contribution in [-0.4, -0.2) is 37.6 Å². The number of nitrogens with one attached hydrogen (secondary N) is 1. The van der Waals surface area contributed by atoms with E-state index in [-0.39, 0.29) is 0 Å². The number of hydrogen-bond acceptors (Lipinski definition) is 5. The van der Waals surface area contributed by atoms with Crippen molar-refractivity contribution in [3.8, 4) is 18.9 Å². The molecule has 5 heteroatoms. The Labute approximate surface area is 224 Å². The van der Waals surface area contributed by atoms with E-state index in [0.29, 0.717) is 6.04 Å². The third-order valence-corrected chi connectivity index (χ3v) is 5.57. The highest BCUT2D eigenvalue weighted by molar-refractivity contribution is 5.83. The lowest BCUT2D eigenvalue weighted by Gasteiger charge is -2.14. The van der Waals surface area contributed by atoms with Crippen molar-refractivity contribution in [2.45, 2.75) is 59.5 Å². The second kappa shape index (κ2) is 21.7. The summed E-state index contributed by atoms with van der Waals surface area (Å²) in [6, 6.07) is 25.9. The summed E-state index contributed by atoms with van der Waals surface area (Å²) in [6.07, 6.45) is 11.7. The monoisotopic (exact) mass is 500 g/mol. The van der Waals surface area contributed by atoms with Crippen molar-refractivity contribution in [2.24, 2.45) is 5.18 Å². The van der Waals surface area contributed by atoms with Gasteiger partial charge in [0.1, 0.15) is 0 Å². The molecule has 0 aromatic heterocycles. The van der Waals surface area contributed by atoms with Gasteiger partial charge in [0.15, 0.2) is 0 Å². The van der Waals surface area contributed by atoms with Gasteiger partial charge in [-0.3, -0.25) is 4.90 Å². The summed E-state index contributed by atoms with van der Waals surface area (Å²) in [7, 11) is 1.19. The molecule has 0 aliphatic carbocycles. The quantitative estimate of drug-likeness (QED) is 0.287. The Kier molecular flexibility index (Phi) is 19.7. The van der Waals surface area contributed by atoms with Crippen molar-refractivity contribution in [2.75, 3.05) is 26.7 Å². The predicted molar refractivity (Wildman–Crippen MR) is 159 cm³/mol. The van der Waals surface area contributed by atoms with Crippen molar-refractivity contribution >= 4 is 10.8 Å². The smallest absolute Gasteiger partial charge is 0.0991 e. The number of likely N-dealkylation sites (tertiary alicyclic amines) is 1. The van der Waals surface area contributed by atoms with E-state index in [4.69, 9.17) is 10.2 Å². The first-order chi connectivity index (χ1) is 18.1. The van der Waals surface area contributed by atoms with E-state index in [0.717, 1.165) is 25.1 Å². The summed E-state index contributed by atoms with van der Waals surface area (Å²) in [6.45, 7) is 12.8. The first-order valence-electron chi connectivity index (χ1n) is 13.1. The van der Waals surface area contributed by atoms with Crippen LogP contribution in [0.3, 0.4) is 0 Å². The number of nitrogens with zero attached hydrogens (tertiary/aromatic N) is 3. The Bertz CT molecular complexity index is 1060.